The molecule has 0 aliphatic rings. The maximum absolute atomic E-state index is 8.93. The van der Waals surface area contributed by atoms with Crippen molar-refractivity contribution in [2.45, 2.75) is 6.42 Å². The number of hydrogen-bond donors (Lipinski definition) is 0. The molecule has 0 N–H and O–H groups in total. The molecular weight excluding hydrogens is 200 g/mol. The van der Waals surface area contributed by atoms with E-state index in [1.54, 1.807) is 6.20 Å². The van der Waals surface area contributed by atoms with Gasteiger partial charge in [0, 0.05) is 19.8 Å². The van der Waals surface area contributed by atoms with E-state index in [9.17, 15) is 0 Å². The van der Waals surface area contributed by atoms with E-state index in [2.05, 4.69) is 34.9 Å². The van der Waals surface area contributed by atoms with Gasteiger partial charge in [0.15, 0.2) is 5.69 Å². The third kappa shape index (κ3) is 3.52. The molecule has 1 heterocycles. The molecule has 0 saturated carbocycles. The number of anilines is 1. The van der Waals surface area contributed by atoms with E-state index in [0.717, 1.165) is 25.2 Å². The van der Waals surface area contributed by atoms with Crippen molar-refractivity contribution < 1.29 is 0 Å². The average Bonchev–Trinajstić information content (AvgIpc) is 2.28. The molecule has 0 fully saturated rings. The molecule has 0 aromatic carbocycles. The Bertz CT molecular complexity index is 368. The Morgan fingerprint density at radius 3 is 2.69 bits per heavy atom. The summed E-state index contributed by atoms with van der Waals surface area (Å²) < 4.78 is 0. The van der Waals surface area contributed by atoms with Gasteiger partial charge in [0.2, 0.25) is 0 Å². The predicted octanol–water partition coefficient (Wildman–Crippen LogP) is 1.34. The molecule has 86 valence electrons. The summed E-state index contributed by atoms with van der Waals surface area (Å²) in [6.07, 6.45) is 2.72. The zero-order valence-electron chi connectivity index (χ0n) is 10.1. The zero-order valence-corrected chi connectivity index (χ0v) is 10.1. The Labute approximate surface area is 97.1 Å². The highest BCUT2D eigenvalue weighted by Gasteiger charge is 2.07. The van der Waals surface area contributed by atoms with Crippen LogP contribution in [-0.4, -0.2) is 44.1 Å². The molecule has 4 nitrogen and oxygen atoms in total. The minimum Gasteiger partial charge on any atom is -0.372 e. The quantitative estimate of drug-likeness (QED) is 0.748. The van der Waals surface area contributed by atoms with Crippen molar-refractivity contribution in [1.29, 1.82) is 5.26 Å². The lowest BCUT2D eigenvalue weighted by molar-refractivity contribution is 0.401. The second kappa shape index (κ2) is 6.09. The van der Waals surface area contributed by atoms with Gasteiger partial charge in [-0.2, -0.15) is 5.26 Å². The van der Waals surface area contributed by atoms with Crippen LogP contribution in [0.5, 0.6) is 0 Å². The molecule has 1 rings (SSSR count). The molecule has 0 spiro atoms. The lowest BCUT2D eigenvalue weighted by atomic mass is 10.2. The van der Waals surface area contributed by atoms with Gasteiger partial charge in [-0.3, -0.25) is 0 Å². The number of nitrogens with zero attached hydrogens (tertiary/aromatic N) is 4. The monoisotopic (exact) mass is 218 g/mol. The van der Waals surface area contributed by atoms with E-state index in [-0.39, 0.29) is 0 Å². The molecule has 1 aromatic heterocycles. The SMILES string of the molecule is CN(C)CCCN(C)c1cccnc1C#N. The maximum atomic E-state index is 8.93. The average molecular weight is 218 g/mol. The molecule has 16 heavy (non-hydrogen) atoms. The first-order chi connectivity index (χ1) is 7.65. The van der Waals surface area contributed by atoms with Crippen molar-refractivity contribution in [2.75, 3.05) is 39.1 Å². The molecule has 0 bridgehead atoms. The highest BCUT2D eigenvalue weighted by Crippen LogP contribution is 2.15. The van der Waals surface area contributed by atoms with Crippen molar-refractivity contribution in [2.24, 2.45) is 0 Å². The molecule has 0 aliphatic heterocycles. The molecule has 0 amide bonds. The third-order valence-corrected chi connectivity index (χ3v) is 2.40. The highest BCUT2D eigenvalue weighted by atomic mass is 15.1. The van der Waals surface area contributed by atoms with Crippen molar-refractivity contribution in [3.8, 4) is 6.07 Å². The van der Waals surface area contributed by atoms with E-state index in [4.69, 9.17) is 5.26 Å². The summed E-state index contributed by atoms with van der Waals surface area (Å²) in [5, 5.41) is 8.93. The van der Waals surface area contributed by atoms with Gasteiger partial charge in [-0.15, -0.1) is 0 Å². The van der Waals surface area contributed by atoms with Crippen LogP contribution in [0.2, 0.25) is 0 Å². The maximum Gasteiger partial charge on any atom is 0.163 e. The van der Waals surface area contributed by atoms with E-state index in [1.807, 2.05) is 19.2 Å². The molecule has 0 radical (unpaired) electrons. The first-order valence-corrected chi connectivity index (χ1v) is 5.36. The fourth-order valence-electron chi connectivity index (χ4n) is 1.54. The van der Waals surface area contributed by atoms with Crippen LogP contribution in [0.4, 0.5) is 5.69 Å². The summed E-state index contributed by atoms with van der Waals surface area (Å²) >= 11 is 0. The van der Waals surface area contributed by atoms with Crippen LogP contribution in [0.3, 0.4) is 0 Å². The van der Waals surface area contributed by atoms with Gasteiger partial charge in [0.25, 0.3) is 0 Å². The third-order valence-electron chi connectivity index (χ3n) is 2.40. The second-order valence-electron chi connectivity index (χ2n) is 4.06. The van der Waals surface area contributed by atoms with E-state index in [0.29, 0.717) is 5.69 Å². The molecule has 1 aromatic rings. The molecule has 0 aliphatic carbocycles. The number of hydrogen-bond acceptors (Lipinski definition) is 4. The summed E-state index contributed by atoms with van der Waals surface area (Å²) in [6.45, 7) is 1.98. The fourth-order valence-corrected chi connectivity index (χ4v) is 1.54. The van der Waals surface area contributed by atoms with Gasteiger partial charge < -0.3 is 9.80 Å². The minimum absolute atomic E-state index is 0.495. The number of pyridine rings is 1. The summed E-state index contributed by atoms with van der Waals surface area (Å²) in [6, 6.07) is 5.90. The lowest BCUT2D eigenvalue weighted by Gasteiger charge is -2.20. The van der Waals surface area contributed by atoms with Gasteiger partial charge in [0.1, 0.15) is 6.07 Å². The number of rotatable bonds is 5. The van der Waals surface area contributed by atoms with Crippen LogP contribution in [0.25, 0.3) is 0 Å². The number of nitriles is 1. The standard InChI is InChI=1S/C12H18N4/c1-15(2)8-5-9-16(3)12-6-4-7-14-11(12)10-13/h4,6-7H,5,8-9H2,1-3H3. The van der Waals surface area contributed by atoms with Crippen molar-refractivity contribution in [1.82, 2.24) is 9.88 Å². The van der Waals surface area contributed by atoms with Crippen LogP contribution >= 0.6 is 0 Å². The van der Waals surface area contributed by atoms with Crippen molar-refractivity contribution in [3.63, 3.8) is 0 Å². The topological polar surface area (TPSA) is 43.2 Å². The van der Waals surface area contributed by atoms with Gasteiger partial charge in [0.05, 0.1) is 5.69 Å². The van der Waals surface area contributed by atoms with Crippen LogP contribution in [0.15, 0.2) is 18.3 Å². The van der Waals surface area contributed by atoms with E-state index in [1.165, 1.54) is 0 Å². The Balaban J connectivity index is 2.59. The van der Waals surface area contributed by atoms with E-state index < -0.39 is 0 Å². The summed E-state index contributed by atoms with van der Waals surface area (Å²) in [5.74, 6) is 0. The van der Waals surface area contributed by atoms with Gasteiger partial charge in [-0.05, 0) is 39.2 Å². The molecule has 0 atom stereocenters. The predicted molar refractivity (Wildman–Crippen MR) is 65.4 cm³/mol. The Morgan fingerprint density at radius 1 is 1.31 bits per heavy atom. The Hall–Kier alpha value is -1.60. The summed E-state index contributed by atoms with van der Waals surface area (Å²) in [5.41, 5.74) is 1.40. The van der Waals surface area contributed by atoms with Gasteiger partial charge >= 0.3 is 0 Å². The minimum atomic E-state index is 0.495. The normalized spacial score (nSPS) is 10.2. The van der Waals surface area contributed by atoms with E-state index >= 15 is 0 Å². The molecular formula is C12H18N4. The number of aromatic nitrogens is 1. The van der Waals surface area contributed by atoms with Crippen LogP contribution in [0, 0.1) is 11.3 Å². The zero-order chi connectivity index (χ0) is 12.0. The smallest absolute Gasteiger partial charge is 0.163 e. The second-order valence-corrected chi connectivity index (χ2v) is 4.06. The highest BCUT2D eigenvalue weighted by molar-refractivity contribution is 5.54. The largest absolute Gasteiger partial charge is 0.372 e. The van der Waals surface area contributed by atoms with Gasteiger partial charge in [-0.1, -0.05) is 0 Å². The summed E-state index contributed by atoms with van der Waals surface area (Å²) in [7, 11) is 6.11. The first-order valence-electron chi connectivity index (χ1n) is 5.36. The molecule has 0 saturated heterocycles. The molecule has 0 unspecified atom stereocenters. The van der Waals surface area contributed by atoms with Crippen LogP contribution < -0.4 is 4.90 Å². The fraction of sp³-hybridized carbons (Fsp3) is 0.500. The van der Waals surface area contributed by atoms with Gasteiger partial charge in [-0.25, -0.2) is 4.98 Å². The van der Waals surface area contributed by atoms with Crippen LogP contribution in [0.1, 0.15) is 12.1 Å². The Kier molecular flexibility index (Phi) is 4.74. The Morgan fingerprint density at radius 2 is 2.06 bits per heavy atom. The first kappa shape index (κ1) is 12.5. The van der Waals surface area contributed by atoms with Crippen LogP contribution in [-0.2, 0) is 0 Å². The van der Waals surface area contributed by atoms with Crippen molar-refractivity contribution in [3.05, 3.63) is 24.0 Å². The van der Waals surface area contributed by atoms with Crippen molar-refractivity contribution >= 4 is 5.69 Å². The summed E-state index contributed by atoms with van der Waals surface area (Å²) in [4.78, 5) is 8.28. The molecule has 4 heteroatoms. The lowest BCUT2D eigenvalue weighted by Crippen LogP contribution is -2.24.